The van der Waals surface area contributed by atoms with Crippen molar-refractivity contribution in [2.75, 3.05) is 6.61 Å². The fraction of sp³-hybridized carbons (Fsp3) is 0.296. The number of pyridine rings is 1. The lowest BCUT2D eigenvalue weighted by Crippen LogP contribution is -2.36. The first-order valence-corrected chi connectivity index (χ1v) is 11.4. The number of rotatable bonds is 7. The molecule has 0 radical (unpaired) electrons. The Kier molecular flexibility index (Phi) is 7.14. The minimum Gasteiger partial charge on any atom is -0.444 e. The van der Waals surface area contributed by atoms with Crippen molar-refractivity contribution in [3.8, 4) is 11.3 Å². The molecule has 0 aliphatic heterocycles. The van der Waals surface area contributed by atoms with E-state index in [4.69, 9.17) is 9.26 Å². The molecule has 0 saturated carbocycles. The lowest BCUT2D eigenvalue weighted by molar-refractivity contribution is 0.0503. The van der Waals surface area contributed by atoms with E-state index in [0.29, 0.717) is 29.1 Å². The highest BCUT2D eigenvalue weighted by Crippen LogP contribution is 2.34. The smallest absolute Gasteiger partial charge is 0.408 e. The molecule has 0 aliphatic rings. The fourth-order valence-corrected chi connectivity index (χ4v) is 3.89. The van der Waals surface area contributed by atoms with Crippen LogP contribution in [-0.4, -0.2) is 38.7 Å². The van der Waals surface area contributed by atoms with Crippen LogP contribution < -0.4 is 5.32 Å². The average Bonchev–Trinajstić information content (AvgIpc) is 3.26. The average molecular weight is 476 g/mol. The molecule has 0 fully saturated rings. The van der Waals surface area contributed by atoms with Crippen LogP contribution in [0, 0.1) is 0 Å². The third-order valence-electron chi connectivity index (χ3n) is 5.42. The molecular weight excluding hydrogens is 446 g/mol. The minimum atomic E-state index is -1.08. The summed E-state index contributed by atoms with van der Waals surface area (Å²) >= 11 is 0. The van der Waals surface area contributed by atoms with Gasteiger partial charge in [0.2, 0.25) is 0 Å². The first-order chi connectivity index (χ1) is 16.7. The number of para-hydroxylation sites is 1. The molecule has 1 unspecified atom stereocenters. The van der Waals surface area contributed by atoms with E-state index in [1.165, 1.54) is 0 Å². The Hall–Kier alpha value is -3.75. The molecule has 8 heteroatoms. The molecule has 35 heavy (non-hydrogen) atoms. The van der Waals surface area contributed by atoms with E-state index < -0.39 is 30.4 Å². The van der Waals surface area contributed by atoms with Crippen LogP contribution in [0.5, 0.6) is 0 Å². The number of carbonyl (C=O) groups excluding carboxylic acids is 1. The number of fused-ring (bicyclic) bond motifs is 1. The summed E-state index contributed by atoms with van der Waals surface area (Å²) in [7, 11) is 0. The van der Waals surface area contributed by atoms with E-state index in [2.05, 4.69) is 15.5 Å². The predicted molar refractivity (Wildman–Crippen MR) is 132 cm³/mol. The van der Waals surface area contributed by atoms with Crippen molar-refractivity contribution in [2.45, 2.75) is 44.9 Å². The Labute approximate surface area is 203 Å². The zero-order valence-electron chi connectivity index (χ0n) is 19.9. The summed E-state index contributed by atoms with van der Waals surface area (Å²) in [5.74, 6) is 0. The summed E-state index contributed by atoms with van der Waals surface area (Å²) in [6.07, 6.45) is -1.33. The molecule has 0 bridgehead atoms. The predicted octanol–water partition coefficient (Wildman–Crippen LogP) is 4.72. The number of aliphatic hydroxyl groups is 2. The third-order valence-corrected chi connectivity index (χ3v) is 5.42. The summed E-state index contributed by atoms with van der Waals surface area (Å²) in [6, 6.07) is 20.0. The highest BCUT2D eigenvalue weighted by atomic mass is 16.6. The zero-order valence-corrected chi connectivity index (χ0v) is 19.9. The summed E-state index contributed by atoms with van der Waals surface area (Å²) in [5.41, 5.74) is 3.29. The first-order valence-electron chi connectivity index (χ1n) is 11.4. The van der Waals surface area contributed by atoms with E-state index in [1.807, 2.05) is 54.6 Å². The quantitative estimate of drug-likeness (QED) is 0.354. The van der Waals surface area contributed by atoms with Crippen molar-refractivity contribution in [1.82, 2.24) is 15.5 Å². The molecule has 2 heterocycles. The topological polar surface area (TPSA) is 118 Å². The number of aromatic nitrogens is 2. The van der Waals surface area contributed by atoms with Crippen molar-refractivity contribution in [3.63, 3.8) is 0 Å². The molecule has 1 amide bonds. The van der Waals surface area contributed by atoms with Gasteiger partial charge in [-0.15, -0.1) is 0 Å². The minimum absolute atomic E-state index is 0.317. The number of benzene rings is 2. The lowest BCUT2D eigenvalue weighted by Gasteiger charge is -2.25. The van der Waals surface area contributed by atoms with Crippen LogP contribution in [-0.2, 0) is 11.2 Å². The number of alkyl carbamates (subject to hydrolysis) is 1. The van der Waals surface area contributed by atoms with Crippen LogP contribution in [0.15, 0.2) is 71.3 Å². The van der Waals surface area contributed by atoms with Gasteiger partial charge in [0.05, 0.1) is 18.3 Å². The van der Waals surface area contributed by atoms with E-state index >= 15 is 0 Å². The second-order valence-corrected chi connectivity index (χ2v) is 9.27. The molecule has 0 aliphatic carbocycles. The van der Waals surface area contributed by atoms with Gasteiger partial charge in [-0.1, -0.05) is 47.6 Å². The Morgan fingerprint density at radius 3 is 2.57 bits per heavy atom. The van der Waals surface area contributed by atoms with Crippen molar-refractivity contribution >= 4 is 17.1 Å². The fourth-order valence-electron chi connectivity index (χ4n) is 3.89. The van der Waals surface area contributed by atoms with E-state index in [-0.39, 0.29) is 0 Å². The number of aliphatic hydroxyl groups excluding tert-OH is 2. The van der Waals surface area contributed by atoms with E-state index in [9.17, 15) is 15.0 Å². The number of carbonyl (C=O) groups is 1. The molecular formula is C27H29N3O5. The SMILES string of the molecule is CC(C)(C)OC(=O)N[C@@H](Cc1cccc(C(O)CO)n1)c1ccccc1-c1noc2ccccc12. The zero-order chi connectivity index (χ0) is 25.0. The number of nitrogens with one attached hydrogen (secondary N) is 1. The molecule has 182 valence electrons. The maximum absolute atomic E-state index is 12.8. The first kappa shape index (κ1) is 24.4. The van der Waals surface area contributed by atoms with Gasteiger partial charge in [-0.25, -0.2) is 4.79 Å². The monoisotopic (exact) mass is 475 g/mol. The van der Waals surface area contributed by atoms with Gasteiger partial charge >= 0.3 is 6.09 Å². The maximum Gasteiger partial charge on any atom is 0.408 e. The van der Waals surface area contributed by atoms with E-state index in [1.54, 1.807) is 32.9 Å². The second-order valence-electron chi connectivity index (χ2n) is 9.27. The maximum atomic E-state index is 12.8. The molecule has 0 spiro atoms. The van der Waals surface area contributed by atoms with Gasteiger partial charge in [0.15, 0.2) is 5.58 Å². The third kappa shape index (κ3) is 5.85. The van der Waals surface area contributed by atoms with Gasteiger partial charge in [-0.05, 0) is 50.6 Å². The summed E-state index contributed by atoms with van der Waals surface area (Å²) in [5, 5.41) is 27.5. The Bertz CT molecular complexity index is 1310. The molecule has 4 aromatic rings. The van der Waals surface area contributed by atoms with Crippen molar-refractivity contribution in [2.24, 2.45) is 0 Å². The molecule has 0 saturated heterocycles. The highest BCUT2D eigenvalue weighted by molar-refractivity contribution is 5.92. The number of amides is 1. The molecule has 8 nitrogen and oxygen atoms in total. The number of nitrogens with zero attached hydrogens (tertiary/aromatic N) is 2. The van der Waals surface area contributed by atoms with Gasteiger partial charge < -0.3 is 24.8 Å². The lowest BCUT2D eigenvalue weighted by atomic mass is 9.93. The standard InChI is InChI=1S/C27H29N3O5/c1-27(2,3)34-26(33)29-22(15-17-9-8-13-21(28-17)23(32)16-31)18-10-4-5-11-19(18)25-20-12-6-7-14-24(20)35-30-25/h4-14,22-23,31-32H,15-16H2,1-3H3,(H,29,33)/t22-,23?/m0/s1. The van der Waals surface area contributed by atoms with Gasteiger partial charge in [-0.3, -0.25) is 4.98 Å². The number of hydrogen-bond acceptors (Lipinski definition) is 7. The second kappa shape index (κ2) is 10.2. The van der Waals surface area contributed by atoms with E-state index in [0.717, 1.165) is 16.5 Å². The van der Waals surface area contributed by atoms with Crippen molar-refractivity contribution < 1.29 is 24.3 Å². The summed E-state index contributed by atoms with van der Waals surface area (Å²) in [6.45, 7) is 4.98. The molecule has 2 aromatic carbocycles. The van der Waals surface area contributed by atoms with Crippen LogP contribution in [0.1, 0.15) is 49.9 Å². The van der Waals surface area contributed by atoms with Gasteiger partial charge in [0, 0.05) is 23.1 Å². The van der Waals surface area contributed by atoms with Gasteiger partial charge in [0.25, 0.3) is 0 Å². The molecule has 2 atom stereocenters. The van der Waals surface area contributed by atoms with Crippen LogP contribution in [0.25, 0.3) is 22.2 Å². The van der Waals surface area contributed by atoms with Crippen molar-refractivity contribution in [3.05, 3.63) is 83.7 Å². The Balaban J connectivity index is 1.75. The number of ether oxygens (including phenoxy) is 1. The van der Waals surface area contributed by atoms with Crippen LogP contribution >= 0.6 is 0 Å². The van der Waals surface area contributed by atoms with Crippen LogP contribution in [0.2, 0.25) is 0 Å². The summed E-state index contributed by atoms with van der Waals surface area (Å²) in [4.78, 5) is 17.3. The Morgan fingerprint density at radius 1 is 1.06 bits per heavy atom. The molecule has 2 aromatic heterocycles. The summed E-state index contributed by atoms with van der Waals surface area (Å²) < 4.78 is 11.1. The highest BCUT2D eigenvalue weighted by Gasteiger charge is 2.25. The Morgan fingerprint density at radius 2 is 1.80 bits per heavy atom. The normalized spacial score (nSPS) is 13.4. The van der Waals surface area contributed by atoms with Crippen molar-refractivity contribution in [1.29, 1.82) is 0 Å². The van der Waals surface area contributed by atoms with Crippen LogP contribution in [0.3, 0.4) is 0 Å². The largest absolute Gasteiger partial charge is 0.444 e. The molecule has 3 N–H and O–H groups in total. The van der Waals surface area contributed by atoms with Crippen LogP contribution in [0.4, 0.5) is 4.79 Å². The van der Waals surface area contributed by atoms with Gasteiger partial charge in [-0.2, -0.15) is 0 Å². The molecule has 4 rings (SSSR count). The van der Waals surface area contributed by atoms with Gasteiger partial charge in [0.1, 0.15) is 17.4 Å². The number of hydrogen-bond donors (Lipinski definition) is 3.